The minimum atomic E-state index is 0.215. The third-order valence-corrected chi connectivity index (χ3v) is 4.17. The predicted octanol–water partition coefficient (Wildman–Crippen LogP) is 0.216. The molecule has 0 aliphatic carbocycles. The summed E-state index contributed by atoms with van der Waals surface area (Å²) in [4.78, 5) is 0. The van der Waals surface area contributed by atoms with Crippen molar-refractivity contribution in [3.05, 3.63) is 0 Å². The SMILES string of the molecule is C1OCC2SC3COCOC3C2O1. The molecule has 5 heteroatoms. The van der Waals surface area contributed by atoms with Crippen LogP contribution in [-0.2, 0) is 18.9 Å². The summed E-state index contributed by atoms with van der Waals surface area (Å²) in [6.07, 6.45) is 0.431. The van der Waals surface area contributed by atoms with E-state index in [1.54, 1.807) is 0 Å². The second kappa shape index (κ2) is 3.40. The number of ether oxygens (including phenoxy) is 4. The van der Waals surface area contributed by atoms with Crippen LogP contribution in [0.5, 0.6) is 0 Å². The van der Waals surface area contributed by atoms with Crippen molar-refractivity contribution in [2.75, 3.05) is 26.8 Å². The normalized spacial score (nSPS) is 49.8. The zero-order valence-corrected chi connectivity index (χ0v) is 8.00. The molecule has 13 heavy (non-hydrogen) atoms. The fourth-order valence-electron chi connectivity index (χ4n) is 2.06. The first-order valence-corrected chi connectivity index (χ1v) is 5.43. The summed E-state index contributed by atoms with van der Waals surface area (Å²) in [5.41, 5.74) is 0. The highest BCUT2D eigenvalue weighted by Crippen LogP contribution is 2.41. The van der Waals surface area contributed by atoms with E-state index in [2.05, 4.69) is 0 Å². The van der Waals surface area contributed by atoms with Crippen LogP contribution in [0.4, 0.5) is 0 Å². The quantitative estimate of drug-likeness (QED) is 0.564. The number of fused-ring (bicyclic) bond motifs is 3. The maximum atomic E-state index is 5.55. The molecule has 3 rings (SSSR count). The smallest absolute Gasteiger partial charge is 0.147 e. The molecule has 0 radical (unpaired) electrons. The van der Waals surface area contributed by atoms with Crippen LogP contribution >= 0.6 is 11.8 Å². The van der Waals surface area contributed by atoms with Crippen molar-refractivity contribution in [2.45, 2.75) is 22.7 Å². The zero-order valence-electron chi connectivity index (χ0n) is 7.18. The topological polar surface area (TPSA) is 36.9 Å². The van der Waals surface area contributed by atoms with Crippen LogP contribution in [0.25, 0.3) is 0 Å². The standard InChI is InChI=1S/C8H12O4S/c1-5-7(11-3-9-1)8-6(13-5)2-10-4-12-8/h5-8H,1-4H2. The molecular weight excluding hydrogens is 192 g/mol. The Hall–Kier alpha value is 0.190. The van der Waals surface area contributed by atoms with E-state index < -0.39 is 0 Å². The molecule has 0 aromatic carbocycles. The van der Waals surface area contributed by atoms with E-state index in [9.17, 15) is 0 Å². The Morgan fingerprint density at radius 2 is 1.38 bits per heavy atom. The van der Waals surface area contributed by atoms with Gasteiger partial charge in [-0.25, -0.2) is 0 Å². The Morgan fingerprint density at radius 1 is 0.846 bits per heavy atom. The first-order chi connectivity index (χ1) is 6.45. The predicted molar refractivity (Wildman–Crippen MR) is 46.6 cm³/mol. The van der Waals surface area contributed by atoms with Crippen molar-refractivity contribution >= 4 is 11.8 Å². The van der Waals surface area contributed by atoms with Crippen molar-refractivity contribution in [1.82, 2.24) is 0 Å². The van der Waals surface area contributed by atoms with Gasteiger partial charge in [-0.2, -0.15) is 0 Å². The lowest BCUT2D eigenvalue weighted by Gasteiger charge is -2.31. The van der Waals surface area contributed by atoms with E-state index in [0.29, 0.717) is 24.1 Å². The van der Waals surface area contributed by atoms with Gasteiger partial charge in [-0.15, -0.1) is 11.8 Å². The van der Waals surface area contributed by atoms with E-state index in [4.69, 9.17) is 18.9 Å². The number of hydrogen-bond donors (Lipinski definition) is 0. The molecule has 0 amide bonds. The summed E-state index contributed by atoms with van der Waals surface area (Å²) in [6, 6.07) is 0. The minimum Gasteiger partial charge on any atom is -0.354 e. The minimum absolute atomic E-state index is 0.215. The summed E-state index contributed by atoms with van der Waals surface area (Å²) in [6.45, 7) is 2.39. The first kappa shape index (κ1) is 8.49. The average molecular weight is 204 g/mol. The fraction of sp³-hybridized carbons (Fsp3) is 1.00. The summed E-state index contributed by atoms with van der Waals surface area (Å²) in [7, 11) is 0. The van der Waals surface area contributed by atoms with Gasteiger partial charge in [-0.05, 0) is 0 Å². The Balaban J connectivity index is 1.76. The van der Waals surface area contributed by atoms with Gasteiger partial charge in [0.15, 0.2) is 0 Å². The van der Waals surface area contributed by atoms with Crippen LogP contribution in [0.15, 0.2) is 0 Å². The van der Waals surface area contributed by atoms with Crippen molar-refractivity contribution < 1.29 is 18.9 Å². The Bertz CT molecular complexity index is 181. The van der Waals surface area contributed by atoms with Gasteiger partial charge in [0, 0.05) is 0 Å². The van der Waals surface area contributed by atoms with E-state index >= 15 is 0 Å². The second-order valence-electron chi connectivity index (χ2n) is 3.45. The van der Waals surface area contributed by atoms with Gasteiger partial charge in [-0.3, -0.25) is 0 Å². The van der Waals surface area contributed by atoms with Crippen molar-refractivity contribution in [3.8, 4) is 0 Å². The molecule has 0 N–H and O–H groups in total. The lowest BCUT2D eigenvalue weighted by atomic mass is 10.1. The van der Waals surface area contributed by atoms with Gasteiger partial charge in [0.05, 0.1) is 23.7 Å². The van der Waals surface area contributed by atoms with Gasteiger partial charge < -0.3 is 18.9 Å². The molecule has 4 unspecified atom stereocenters. The molecular formula is C8H12O4S. The molecule has 3 saturated heterocycles. The lowest BCUT2D eigenvalue weighted by molar-refractivity contribution is -0.208. The lowest BCUT2D eigenvalue weighted by Crippen LogP contribution is -2.45. The average Bonchev–Trinajstić information content (AvgIpc) is 2.56. The molecule has 0 aromatic rings. The van der Waals surface area contributed by atoms with Crippen LogP contribution in [-0.4, -0.2) is 49.5 Å². The Morgan fingerprint density at radius 3 is 1.92 bits per heavy atom. The van der Waals surface area contributed by atoms with Gasteiger partial charge >= 0.3 is 0 Å². The third kappa shape index (κ3) is 1.39. The van der Waals surface area contributed by atoms with E-state index in [0.717, 1.165) is 13.2 Å². The van der Waals surface area contributed by atoms with Crippen molar-refractivity contribution in [3.63, 3.8) is 0 Å². The van der Waals surface area contributed by atoms with Crippen LogP contribution in [0.3, 0.4) is 0 Å². The molecule has 3 aliphatic rings. The Kier molecular flexibility index (Phi) is 2.22. The van der Waals surface area contributed by atoms with Gasteiger partial charge in [0.2, 0.25) is 0 Å². The molecule has 4 nitrogen and oxygen atoms in total. The summed E-state index contributed by atoms with van der Waals surface area (Å²) in [5.74, 6) is 0. The van der Waals surface area contributed by atoms with Crippen LogP contribution < -0.4 is 0 Å². The molecule has 74 valence electrons. The zero-order chi connectivity index (χ0) is 8.67. The molecule has 0 saturated carbocycles. The molecule has 0 aromatic heterocycles. The second-order valence-corrected chi connectivity index (χ2v) is 4.94. The van der Waals surface area contributed by atoms with Crippen LogP contribution in [0.1, 0.15) is 0 Å². The van der Waals surface area contributed by atoms with E-state index in [1.165, 1.54) is 0 Å². The number of hydrogen-bond acceptors (Lipinski definition) is 5. The summed E-state index contributed by atoms with van der Waals surface area (Å²) < 4.78 is 21.6. The van der Waals surface area contributed by atoms with Gasteiger partial charge in [-0.1, -0.05) is 0 Å². The molecule has 0 bridgehead atoms. The van der Waals surface area contributed by atoms with Crippen molar-refractivity contribution in [1.29, 1.82) is 0 Å². The first-order valence-electron chi connectivity index (χ1n) is 4.49. The van der Waals surface area contributed by atoms with Crippen LogP contribution in [0.2, 0.25) is 0 Å². The molecule has 3 aliphatic heterocycles. The monoisotopic (exact) mass is 204 g/mol. The fourth-order valence-corrected chi connectivity index (χ4v) is 3.63. The largest absolute Gasteiger partial charge is 0.354 e. The highest BCUT2D eigenvalue weighted by molar-refractivity contribution is 8.01. The van der Waals surface area contributed by atoms with Gasteiger partial charge in [0.25, 0.3) is 0 Å². The number of rotatable bonds is 0. The molecule has 4 atom stereocenters. The van der Waals surface area contributed by atoms with Crippen LogP contribution in [0, 0.1) is 0 Å². The highest BCUT2D eigenvalue weighted by atomic mass is 32.2. The number of thioether (sulfide) groups is 1. The maximum Gasteiger partial charge on any atom is 0.147 e. The molecule has 3 heterocycles. The molecule has 0 spiro atoms. The maximum absolute atomic E-state index is 5.55. The summed E-state index contributed by atoms with van der Waals surface area (Å²) >= 11 is 1.88. The Labute approximate surface area is 80.9 Å². The van der Waals surface area contributed by atoms with Crippen molar-refractivity contribution in [2.24, 2.45) is 0 Å². The van der Waals surface area contributed by atoms with Gasteiger partial charge in [0.1, 0.15) is 25.8 Å². The molecule has 3 fully saturated rings. The third-order valence-electron chi connectivity index (χ3n) is 2.66. The van der Waals surface area contributed by atoms with E-state index in [-0.39, 0.29) is 12.2 Å². The van der Waals surface area contributed by atoms with E-state index in [1.807, 2.05) is 11.8 Å². The highest BCUT2D eigenvalue weighted by Gasteiger charge is 2.48. The summed E-state index contributed by atoms with van der Waals surface area (Å²) in [5, 5.41) is 0.871.